The molecule has 0 radical (unpaired) electrons. The first-order valence-electron chi connectivity index (χ1n) is 5.84. The second-order valence-corrected chi connectivity index (χ2v) is 4.08. The molecule has 0 saturated heterocycles. The number of anilines is 2. The normalized spacial score (nSPS) is 9.76. The van der Waals surface area contributed by atoms with Crippen LogP contribution in [-0.2, 0) is 0 Å². The van der Waals surface area contributed by atoms with Crippen LogP contribution in [-0.4, -0.2) is 12.0 Å². The van der Waals surface area contributed by atoms with E-state index in [0.717, 1.165) is 0 Å². The zero-order valence-electron chi connectivity index (χ0n) is 11.0. The van der Waals surface area contributed by atoms with Crippen molar-refractivity contribution >= 4 is 17.1 Å². The summed E-state index contributed by atoms with van der Waals surface area (Å²) in [5.41, 5.74) is 0.445. The first-order valence-corrected chi connectivity index (χ1v) is 5.84. The van der Waals surface area contributed by atoms with Crippen LogP contribution in [0.5, 0.6) is 5.75 Å². The molecule has 0 aliphatic carbocycles. The molecule has 0 heterocycles. The monoisotopic (exact) mass is 287 g/mol. The molecule has 0 atom stereocenters. The van der Waals surface area contributed by atoms with E-state index in [0.29, 0.717) is 11.4 Å². The standard InChI is InChI=1S/C14H10FN3O3/c1-21-14-5-4-10(6-12(14)15)17-11-3-2-9(8-16)13(7-11)18(19)20/h2-7,17H,1H3. The average molecular weight is 287 g/mol. The van der Waals surface area contributed by atoms with E-state index >= 15 is 0 Å². The molecular formula is C14H10FN3O3. The molecule has 0 saturated carbocycles. The first kappa shape index (κ1) is 14.3. The Balaban J connectivity index is 2.32. The quantitative estimate of drug-likeness (QED) is 0.688. The minimum atomic E-state index is -0.641. The summed E-state index contributed by atoms with van der Waals surface area (Å²) in [7, 11) is 1.36. The van der Waals surface area contributed by atoms with E-state index in [2.05, 4.69) is 5.32 Å². The van der Waals surface area contributed by atoms with Gasteiger partial charge in [-0.2, -0.15) is 5.26 Å². The number of nitrogens with zero attached hydrogens (tertiary/aromatic N) is 2. The third-order valence-electron chi connectivity index (χ3n) is 2.76. The number of nitrogens with one attached hydrogen (secondary N) is 1. The van der Waals surface area contributed by atoms with E-state index in [-0.39, 0.29) is 17.0 Å². The van der Waals surface area contributed by atoms with E-state index in [1.165, 1.54) is 37.4 Å². The maximum absolute atomic E-state index is 13.6. The fraction of sp³-hybridized carbons (Fsp3) is 0.0714. The van der Waals surface area contributed by atoms with Crippen LogP contribution in [0.4, 0.5) is 21.5 Å². The molecule has 0 aliphatic heterocycles. The number of hydrogen-bond acceptors (Lipinski definition) is 5. The molecule has 21 heavy (non-hydrogen) atoms. The molecule has 0 fully saturated rings. The number of nitro groups is 1. The fourth-order valence-electron chi connectivity index (χ4n) is 1.77. The van der Waals surface area contributed by atoms with Gasteiger partial charge in [0.1, 0.15) is 11.6 Å². The van der Waals surface area contributed by atoms with Crippen molar-refractivity contribution in [2.24, 2.45) is 0 Å². The summed E-state index contributed by atoms with van der Waals surface area (Å²) in [5.74, 6) is -0.447. The molecule has 2 aromatic rings. The van der Waals surface area contributed by atoms with Gasteiger partial charge in [0, 0.05) is 23.5 Å². The fourth-order valence-corrected chi connectivity index (χ4v) is 1.77. The summed E-state index contributed by atoms with van der Waals surface area (Å²) >= 11 is 0. The number of ether oxygens (including phenoxy) is 1. The Labute approximate surface area is 119 Å². The Morgan fingerprint density at radius 2 is 1.95 bits per heavy atom. The number of nitriles is 1. The Bertz CT molecular complexity index is 741. The average Bonchev–Trinajstić information content (AvgIpc) is 2.47. The molecule has 7 heteroatoms. The van der Waals surface area contributed by atoms with Crippen LogP contribution in [0.3, 0.4) is 0 Å². The lowest BCUT2D eigenvalue weighted by molar-refractivity contribution is -0.385. The lowest BCUT2D eigenvalue weighted by Gasteiger charge is -2.08. The van der Waals surface area contributed by atoms with Crippen LogP contribution in [0.2, 0.25) is 0 Å². The van der Waals surface area contributed by atoms with E-state index in [4.69, 9.17) is 10.00 Å². The van der Waals surface area contributed by atoms with Crippen LogP contribution in [0.25, 0.3) is 0 Å². The second kappa shape index (κ2) is 5.88. The van der Waals surface area contributed by atoms with Crippen molar-refractivity contribution in [2.45, 2.75) is 0 Å². The van der Waals surface area contributed by atoms with Crippen molar-refractivity contribution in [3.8, 4) is 11.8 Å². The van der Waals surface area contributed by atoms with Crippen molar-refractivity contribution in [2.75, 3.05) is 12.4 Å². The van der Waals surface area contributed by atoms with Crippen molar-refractivity contribution in [3.05, 3.63) is 57.9 Å². The van der Waals surface area contributed by atoms with Gasteiger partial charge in [0.15, 0.2) is 11.6 Å². The topological polar surface area (TPSA) is 88.2 Å². The Hall–Kier alpha value is -3.14. The highest BCUT2D eigenvalue weighted by Gasteiger charge is 2.14. The number of halogens is 1. The van der Waals surface area contributed by atoms with Crippen LogP contribution in [0.1, 0.15) is 5.56 Å². The zero-order valence-corrected chi connectivity index (χ0v) is 11.0. The molecule has 0 amide bonds. The lowest BCUT2D eigenvalue weighted by Crippen LogP contribution is -1.97. The van der Waals surface area contributed by atoms with Crippen molar-refractivity contribution in [1.82, 2.24) is 0 Å². The van der Waals surface area contributed by atoms with Gasteiger partial charge in [0.2, 0.25) is 0 Å². The van der Waals surface area contributed by atoms with Gasteiger partial charge in [0.25, 0.3) is 5.69 Å². The van der Waals surface area contributed by atoms with Gasteiger partial charge in [-0.15, -0.1) is 0 Å². The summed E-state index contributed by atoms with van der Waals surface area (Å²) < 4.78 is 18.4. The summed E-state index contributed by atoms with van der Waals surface area (Å²) in [4.78, 5) is 10.2. The van der Waals surface area contributed by atoms with Crippen molar-refractivity contribution in [1.29, 1.82) is 5.26 Å². The minimum absolute atomic E-state index is 0.0357. The molecule has 0 aliphatic rings. The third kappa shape index (κ3) is 3.06. The van der Waals surface area contributed by atoms with Gasteiger partial charge in [-0.05, 0) is 24.3 Å². The number of nitro benzene ring substituents is 1. The summed E-state index contributed by atoms with van der Waals surface area (Å²) in [6.45, 7) is 0. The van der Waals surface area contributed by atoms with Crippen LogP contribution < -0.4 is 10.1 Å². The molecule has 0 aromatic heterocycles. The molecule has 0 bridgehead atoms. The van der Waals surface area contributed by atoms with E-state index in [1.54, 1.807) is 12.1 Å². The highest BCUT2D eigenvalue weighted by Crippen LogP contribution is 2.27. The SMILES string of the molecule is COc1ccc(Nc2ccc(C#N)c([N+](=O)[O-])c2)cc1F. The molecule has 2 aromatic carbocycles. The Morgan fingerprint density at radius 1 is 1.29 bits per heavy atom. The Kier molecular flexibility index (Phi) is 4.00. The molecule has 0 spiro atoms. The first-order chi connectivity index (χ1) is 10.0. The van der Waals surface area contributed by atoms with Crippen LogP contribution in [0, 0.1) is 27.3 Å². The summed E-state index contributed by atoms with van der Waals surface area (Å²) in [6, 6.07) is 10.0. The van der Waals surface area contributed by atoms with Crippen molar-refractivity contribution < 1.29 is 14.1 Å². The number of methoxy groups -OCH3 is 1. The summed E-state index contributed by atoms with van der Waals surface area (Å²) in [6.07, 6.45) is 0. The van der Waals surface area contributed by atoms with Crippen LogP contribution >= 0.6 is 0 Å². The molecule has 1 N–H and O–H groups in total. The van der Waals surface area contributed by atoms with E-state index in [9.17, 15) is 14.5 Å². The molecule has 2 rings (SSSR count). The Morgan fingerprint density at radius 3 is 2.52 bits per heavy atom. The van der Waals surface area contributed by atoms with Gasteiger partial charge in [-0.25, -0.2) is 4.39 Å². The maximum Gasteiger partial charge on any atom is 0.289 e. The summed E-state index contributed by atoms with van der Waals surface area (Å²) in [5, 5.41) is 22.5. The van der Waals surface area contributed by atoms with Gasteiger partial charge in [-0.3, -0.25) is 10.1 Å². The van der Waals surface area contributed by atoms with E-state index < -0.39 is 10.7 Å². The zero-order chi connectivity index (χ0) is 15.4. The molecule has 0 unspecified atom stereocenters. The number of rotatable bonds is 4. The predicted molar refractivity (Wildman–Crippen MR) is 74.0 cm³/mol. The second-order valence-electron chi connectivity index (χ2n) is 4.08. The largest absolute Gasteiger partial charge is 0.494 e. The molecular weight excluding hydrogens is 277 g/mol. The minimum Gasteiger partial charge on any atom is -0.494 e. The van der Waals surface area contributed by atoms with Gasteiger partial charge in [0.05, 0.1) is 12.0 Å². The molecule has 6 nitrogen and oxygen atoms in total. The van der Waals surface area contributed by atoms with Crippen LogP contribution in [0.15, 0.2) is 36.4 Å². The van der Waals surface area contributed by atoms with Gasteiger partial charge >= 0.3 is 0 Å². The third-order valence-corrected chi connectivity index (χ3v) is 2.76. The lowest BCUT2D eigenvalue weighted by atomic mass is 10.1. The number of hydrogen-bond donors (Lipinski definition) is 1. The number of benzene rings is 2. The van der Waals surface area contributed by atoms with E-state index in [1.807, 2.05) is 0 Å². The maximum atomic E-state index is 13.6. The van der Waals surface area contributed by atoms with Crippen molar-refractivity contribution in [3.63, 3.8) is 0 Å². The highest BCUT2D eigenvalue weighted by atomic mass is 19.1. The predicted octanol–water partition coefficient (Wildman–Crippen LogP) is 3.36. The highest BCUT2D eigenvalue weighted by molar-refractivity contribution is 5.66. The van der Waals surface area contributed by atoms with Gasteiger partial charge in [-0.1, -0.05) is 0 Å². The van der Waals surface area contributed by atoms with Gasteiger partial charge < -0.3 is 10.1 Å². The smallest absolute Gasteiger partial charge is 0.289 e. The molecule has 106 valence electrons.